The molecule has 8 heteroatoms. The predicted molar refractivity (Wildman–Crippen MR) is 67.5 cm³/mol. The smallest absolute Gasteiger partial charge is 0.391 e. The molecule has 5 nitrogen and oxygen atoms in total. The lowest BCUT2D eigenvalue weighted by atomic mass is 10.1. The molecular weight excluding hydrogens is 277 g/mol. The first-order valence-electron chi connectivity index (χ1n) is 6.03. The molecule has 0 spiro atoms. The minimum absolute atomic E-state index is 0.0816. The summed E-state index contributed by atoms with van der Waals surface area (Å²) in [7, 11) is 0. The minimum atomic E-state index is -4.80. The third kappa shape index (κ3) is 4.37. The number of rotatable bonds is 6. The summed E-state index contributed by atoms with van der Waals surface area (Å²) in [6.07, 6.45) is -4.21. The number of nitro benzene ring substituents is 1. The molecule has 0 aromatic heterocycles. The molecule has 1 rings (SSSR count). The maximum Gasteiger partial charge on any atom is 0.423 e. The van der Waals surface area contributed by atoms with Gasteiger partial charge in [0.05, 0.1) is 11.0 Å². The fraction of sp³-hybridized carbons (Fsp3) is 0.500. The topological polar surface area (TPSA) is 75.4 Å². The molecule has 0 aliphatic carbocycles. The van der Waals surface area contributed by atoms with Crippen molar-refractivity contribution >= 4 is 11.4 Å². The van der Waals surface area contributed by atoms with Crippen LogP contribution in [0, 0.1) is 10.1 Å². The van der Waals surface area contributed by atoms with Gasteiger partial charge in [-0.3, -0.25) is 10.1 Å². The molecule has 0 fully saturated rings. The summed E-state index contributed by atoms with van der Waals surface area (Å²) >= 11 is 0. The molecule has 1 aromatic carbocycles. The molecule has 1 unspecified atom stereocenters. The van der Waals surface area contributed by atoms with Crippen molar-refractivity contribution in [1.82, 2.24) is 0 Å². The zero-order valence-electron chi connectivity index (χ0n) is 10.8. The van der Waals surface area contributed by atoms with Gasteiger partial charge >= 0.3 is 6.18 Å². The van der Waals surface area contributed by atoms with Gasteiger partial charge in [0.15, 0.2) is 0 Å². The molecular formula is C12H15F3N2O3. The average molecular weight is 292 g/mol. The van der Waals surface area contributed by atoms with Crippen molar-refractivity contribution in [3.05, 3.63) is 33.9 Å². The van der Waals surface area contributed by atoms with Crippen LogP contribution in [0.25, 0.3) is 0 Å². The molecule has 1 atom stereocenters. The Balaban J connectivity index is 2.93. The molecule has 0 bridgehead atoms. The number of nitrogens with one attached hydrogen (secondary N) is 1. The predicted octanol–water partition coefficient (Wildman–Crippen LogP) is 3.19. The highest BCUT2D eigenvalue weighted by Crippen LogP contribution is 2.37. The second-order valence-corrected chi connectivity index (χ2v) is 4.31. The summed E-state index contributed by atoms with van der Waals surface area (Å²) in [5.74, 6) is 0. The number of hydrogen-bond donors (Lipinski definition) is 2. The molecule has 1 aromatic rings. The number of nitrogens with zero attached hydrogens (tertiary/aromatic N) is 1. The number of anilines is 1. The lowest BCUT2D eigenvalue weighted by Crippen LogP contribution is -2.19. The Hall–Kier alpha value is -1.83. The van der Waals surface area contributed by atoms with E-state index in [4.69, 9.17) is 0 Å². The van der Waals surface area contributed by atoms with Gasteiger partial charge in [0.25, 0.3) is 5.69 Å². The van der Waals surface area contributed by atoms with E-state index in [0.717, 1.165) is 12.5 Å². The highest BCUT2D eigenvalue weighted by molar-refractivity contribution is 5.55. The second kappa shape index (κ2) is 6.56. The molecule has 112 valence electrons. The zero-order chi connectivity index (χ0) is 15.3. The summed E-state index contributed by atoms with van der Waals surface area (Å²) < 4.78 is 38.2. The maximum absolute atomic E-state index is 12.7. The van der Waals surface area contributed by atoms with Gasteiger partial charge in [0.2, 0.25) is 0 Å². The van der Waals surface area contributed by atoms with Crippen LogP contribution in [0.4, 0.5) is 24.5 Å². The summed E-state index contributed by atoms with van der Waals surface area (Å²) in [5.41, 5.74) is -2.22. The largest absolute Gasteiger partial charge is 0.423 e. The molecule has 2 N–H and O–H groups in total. The third-order valence-electron chi connectivity index (χ3n) is 2.66. The van der Waals surface area contributed by atoms with E-state index < -0.39 is 28.5 Å². The van der Waals surface area contributed by atoms with Crippen LogP contribution in [-0.4, -0.2) is 22.7 Å². The van der Waals surface area contributed by atoms with E-state index in [0.29, 0.717) is 12.5 Å². The molecule has 0 radical (unpaired) electrons. The van der Waals surface area contributed by atoms with Crippen molar-refractivity contribution < 1.29 is 23.2 Å². The van der Waals surface area contributed by atoms with E-state index in [1.54, 1.807) is 0 Å². The first kappa shape index (κ1) is 16.2. The first-order chi connectivity index (χ1) is 9.25. The summed E-state index contributed by atoms with van der Waals surface area (Å²) in [6.45, 7) is 1.96. The molecule has 20 heavy (non-hydrogen) atoms. The monoisotopic (exact) mass is 292 g/mol. The van der Waals surface area contributed by atoms with Gasteiger partial charge in [-0.15, -0.1) is 0 Å². The second-order valence-electron chi connectivity index (χ2n) is 4.31. The first-order valence-corrected chi connectivity index (χ1v) is 6.03. The van der Waals surface area contributed by atoms with E-state index >= 15 is 0 Å². The van der Waals surface area contributed by atoms with Gasteiger partial charge in [0.1, 0.15) is 5.56 Å². The van der Waals surface area contributed by atoms with Crippen LogP contribution < -0.4 is 5.32 Å². The van der Waals surface area contributed by atoms with Gasteiger partial charge < -0.3 is 10.4 Å². The van der Waals surface area contributed by atoms with E-state index in [9.17, 15) is 28.4 Å². The van der Waals surface area contributed by atoms with Crippen molar-refractivity contribution in [2.24, 2.45) is 0 Å². The minimum Gasteiger partial charge on any atom is -0.391 e. The van der Waals surface area contributed by atoms with Gasteiger partial charge in [-0.1, -0.05) is 13.3 Å². The van der Waals surface area contributed by atoms with Crippen molar-refractivity contribution in [3.8, 4) is 0 Å². The molecule has 0 aliphatic rings. The van der Waals surface area contributed by atoms with Crippen molar-refractivity contribution in [1.29, 1.82) is 0 Å². The molecule has 0 saturated carbocycles. The summed E-state index contributed by atoms with van der Waals surface area (Å²) in [5, 5.41) is 22.7. The SMILES string of the molecule is CCCC(O)CNc1ccc([N+](=O)[O-])c(C(F)(F)F)c1. The summed E-state index contributed by atoms with van der Waals surface area (Å²) in [4.78, 5) is 9.51. The van der Waals surface area contributed by atoms with Crippen LogP contribution in [0.1, 0.15) is 25.3 Å². The van der Waals surface area contributed by atoms with Gasteiger partial charge in [-0.2, -0.15) is 13.2 Å². The number of halogens is 3. The van der Waals surface area contributed by atoms with Crippen LogP contribution in [0.2, 0.25) is 0 Å². The quantitative estimate of drug-likeness (QED) is 0.623. The Kier molecular flexibility index (Phi) is 5.32. The summed E-state index contributed by atoms with van der Waals surface area (Å²) in [6, 6.07) is 2.67. The molecule has 0 saturated heterocycles. The molecule has 0 aliphatic heterocycles. The Morgan fingerprint density at radius 3 is 2.60 bits per heavy atom. The maximum atomic E-state index is 12.7. The van der Waals surface area contributed by atoms with Crippen molar-refractivity contribution in [3.63, 3.8) is 0 Å². The van der Waals surface area contributed by atoms with Crippen LogP contribution in [0.15, 0.2) is 18.2 Å². The number of benzene rings is 1. The Bertz CT molecular complexity index is 478. The standard InChI is InChI=1S/C12H15F3N2O3/c1-2-3-9(18)7-16-8-4-5-11(17(19)20)10(6-8)12(13,14)15/h4-6,9,16,18H,2-3,7H2,1H3. The van der Waals surface area contributed by atoms with E-state index in [1.807, 2.05) is 6.92 Å². The van der Waals surface area contributed by atoms with E-state index in [1.165, 1.54) is 6.07 Å². The van der Waals surface area contributed by atoms with Crippen molar-refractivity contribution in [2.45, 2.75) is 32.0 Å². The van der Waals surface area contributed by atoms with Crippen molar-refractivity contribution in [2.75, 3.05) is 11.9 Å². The highest BCUT2D eigenvalue weighted by atomic mass is 19.4. The lowest BCUT2D eigenvalue weighted by molar-refractivity contribution is -0.388. The fourth-order valence-corrected chi connectivity index (χ4v) is 1.70. The van der Waals surface area contributed by atoms with E-state index in [-0.39, 0.29) is 12.2 Å². The number of aliphatic hydroxyl groups excluding tert-OH is 1. The lowest BCUT2D eigenvalue weighted by Gasteiger charge is -2.13. The highest BCUT2D eigenvalue weighted by Gasteiger charge is 2.38. The Labute approximate surface area is 113 Å². The molecule has 0 heterocycles. The molecule has 0 amide bonds. The van der Waals surface area contributed by atoms with Gasteiger partial charge in [-0.05, 0) is 18.6 Å². The third-order valence-corrected chi connectivity index (χ3v) is 2.66. The number of alkyl halides is 3. The Morgan fingerprint density at radius 2 is 2.10 bits per heavy atom. The van der Waals surface area contributed by atoms with Gasteiger partial charge in [0, 0.05) is 18.3 Å². The number of aliphatic hydroxyl groups is 1. The van der Waals surface area contributed by atoms with Gasteiger partial charge in [-0.25, -0.2) is 0 Å². The average Bonchev–Trinajstić information content (AvgIpc) is 2.35. The van der Waals surface area contributed by atoms with Crippen LogP contribution in [0.5, 0.6) is 0 Å². The number of nitro groups is 1. The fourth-order valence-electron chi connectivity index (χ4n) is 1.70. The van der Waals surface area contributed by atoms with Crippen LogP contribution >= 0.6 is 0 Å². The number of hydrogen-bond acceptors (Lipinski definition) is 4. The Morgan fingerprint density at radius 1 is 1.45 bits per heavy atom. The van der Waals surface area contributed by atoms with Crippen LogP contribution in [-0.2, 0) is 6.18 Å². The zero-order valence-corrected chi connectivity index (χ0v) is 10.8. The normalized spacial score (nSPS) is 13.1. The van der Waals surface area contributed by atoms with E-state index in [2.05, 4.69) is 5.32 Å². The van der Waals surface area contributed by atoms with Crippen LogP contribution in [0.3, 0.4) is 0 Å².